The van der Waals surface area contributed by atoms with Crippen LogP contribution in [-0.4, -0.2) is 67.5 Å². The quantitative estimate of drug-likeness (QED) is 0.271. The largest absolute Gasteiger partial charge is 0.454 e. The Labute approximate surface area is 232 Å². The van der Waals surface area contributed by atoms with Crippen LogP contribution in [0.25, 0.3) is 0 Å². The SMILES string of the molecule is CCCCCCCCCCCCOCC12O[C@@H](CNC(=O)Cc3ccc4c(c3)OCO4)[C@@H](O)[C@@H]1OC(C)(C)O2. The van der Waals surface area contributed by atoms with E-state index in [2.05, 4.69) is 12.2 Å². The van der Waals surface area contributed by atoms with Crippen LogP contribution in [0.3, 0.4) is 0 Å². The van der Waals surface area contributed by atoms with Gasteiger partial charge in [0.25, 0.3) is 0 Å². The maximum Gasteiger partial charge on any atom is 0.231 e. The smallest absolute Gasteiger partial charge is 0.231 e. The highest BCUT2D eigenvalue weighted by Gasteiger charge is 2.64. The molecule has 9 heteroatoms. The molecule has 3 heterocycles. The average Bonchev–Trinajstić information content (AvgIpc) is 3.54. The normalized spacial score (nSPS) is 26.6. The first-order valence-electron chi connectivity index (χ1n) is 14.8. The first-order valence-corrected chi connectivity index (χ1v) is 14.8. The van der Waals surface area contributed by atoms with Crippen molar-refractivity contribution in [3.63, 3.8) is 0 Å². The van der Waals surface area contributed by atoms with Crippen LogP contribution in [0.1, 0.15) is 90.5 Å². The van der Waals surface area contributed by atoms with Crippen molar-refractivity contribution in [3.05, 3.63) is 23.8 Å². The first kappa shape index (κ1) is 30.1. The van der Waals surface area contributed by atoms with E-state index in [1.165, 1.54) is 51.4 Å². The number of fused-ring (bicyclic) bond motifs is 2. The number of carbonyl (C=O) groups is 1. The Balaban J connectivity index is 1.17. The topological polar surface area (TPSA) is 105 Å². The highest BCUT2D eigenvalue weighted by atomic mass is 16.9. The lowest BCUT2D eigenvalue weighted by Crippen LogP contribution is -2.45. The Morgan fingerprint density at radius 1 is 1.00 bits per heavy atom. The summed E-state index contributed by atoms with van der Waals surface area (Å²) in [6.45, 7) is 6.94. The van der Waals surface area contributed by atoms with E-state index in [1.807, 2.05) is 6.07 Å². The fourth-order valence-corrected chi connectivity index (χ4v) is 5.56. The van der Waals surface area contributed by atoms with Gasteiger partial charge in [0, 0.05) is 13.2 Å². The van der Waals surface area contributed by atoms with Crippen LogP contribution in [0.4, 0.5) is 0 Å². The van der Waals surface area contributed by atoms with Gasteiger partial charge in [-0.3, -0.25) is 4.79 Å². The minimum atomic E-state index is -1.20. The molecule has 0 radical (unpaired) electrons. The second-order valence-corrected chi connectivity index (χ2v) is 11.4. The van der Waals surface area contributed by atoms with E-state index in [9.17, 15) is 9.90 Å². The van der Waals surface area contributed by atoms with E-state index in [1.54, 1.807) is 26.0 Å². The van der Waals surface area contributed by atoms with Crippen molar-refractivity contribution in [1.29, 1.82) is 0 Å². The zero-order valence-corrected chi connectivity index (χ0v) is 23.9. The summed E-state index contributed by atoms with van der Waals surface area (Å²) in [7, 11) is 0. The Morgan fingerprint density at radius 3 is 2.44 bits per heavy atom. The number of nitrogens with one attached hydrogen (secondary N) is 1. The molecule has 220 valence electrons. The molecule has 0 bridgehead atoms. The summed E-state index contributed by atoms with van der Waals surface area (Å²) < 4.78 is 35.0. The minimum Gasteiger partial charge on any atom is -0.454 e. The lowest BCUT2D eigenvalue weighted by molar-refractivity contribution is -0.277. The molecule has 1 aromatic rings. The van der Waals surface area contributed by atoms with Gasteiger partial charge >= 0.3 is 0 Å². The summed E-state index contributed by atoms with van der Waals surface area (Å²) in [6, 6.07) is 5.44. The summed E-state index contributed by atoms with van der Waals surface area (Å²) in [5.74, 6) is -0.973. The molecule has 1 aromatic carbocycles. The van der Waals surface area contributed by atoms with Crippen molar-refractivity contribution in [2.24, 2.45) is 0 Å². The number of aliphatic hydroxyl groups is 1. The van der Waals surface area contributed by atoms with Gasteiger partial charge in [0.2, 0.25) is 18.5 Å². The highest BCUT2D eigenvalue weighted by molar-refractivity contribution is 5.78. The molecule has 4 rings (SSSR count). The van der Waals surface area contributed by atoms with Crippen molar-refractivity contribution in [2.75, 3.05) is 26.6 Å². The van der Waals surface area contributed by atoms with E-state index in [4.69, 9.17) is 28.4 Å². The third-order valence-electron chi connectivity index (χ3n) is 7.55. The number of carbonyl (C=O) groups excluding carboxylic acids is 1. The Kier molecular flexibility index (Phi) is 10.9. The lowest BCUT2D eigenvalue weighted by Gasteiger charge is -2.28. The van der Waals surface area contributed by atoms with Crippen LogP contribution < -0.4 is 14.8 Å². The second kappa shape index (κ2) is 14.1. The number of aliphatic hydroxyl groups excluding tert-OH is 1. The Morgan fingerprint density at radius 2 is 1.69 bits per heavy atom. The molecule has 2 saturated heterocycles. The molecule has 3 aliphatic rings. The number of ether oxygens (including phenoxy) is 6. The van der Waals surface area contributed by atoms with E-state index >= 15 is 0 Å². The van der Waals surface area contributed by atoms with Gasteiger partial charge in [-0.1, -0.05) is 70.8 Å². The van der Waals surface area contributed by atoms with Gasteiger partial charge in [0.05, 0.1) is 6.42 Å². The number of amides is 1. The summed E-state index contributed by atoms with van der Waals surface area (Å²) in [5.41, 5.74) is 0.812. The predicted octanol–water partition coefficient (Wildman–Crippen LogP) is 4.62. The van der Waals surface area contributed by atoms with Gasteiger partial charge in [-0.15, -0.1) is 0 Å². The van der Waals surface area contributed by atoms with Gasteiger partial charge in [0.15, 0.2) is 17.3 Å². The molecule has 1 amide bonds. The molecule has 4 atom stereocenters. The van der Waals surface area contributed by atoms with Crippen LogP contribution in [0, 0.1) is 0 Å². The molecule has 2 fully saturated rings. The van der Waals surface area contributed by atoms with Crippen LogP contribution >= 0.6 is 0 Å². The fraction of sp³-hybridized carbons (Fsp3) is 0.767. The van der Waals surface area contributed by atoms with Gasteiger partial charge in [-0.05, 0) is 38.0 Å². The summed E-state index contributed by atoms with van der Waals surface area (Å²) >= 11 is 0. The molecule has 0 saturated carbocycles. The Hall–Kier alpha value is -1.91. The second-order valence-electron chi connectivity index (χ2n) is 11.4. The summed E-state index contributed by atoms with van der Waals surface area (Å²) in [4.78, 5) is 12.6. The van der Waals surface area contributed by atoms with E-state index in [-0.39, 0.29) is 32.3 Å². The number of unbranched alkanes of at least 4 members (excludes halogenated alkanes) is 9. The van der Waals surface area contributed by atoms with Crippen molar-refractivity contribution in [1.82, 2.24) is 5.32 Å². The highest BCUT2D eigenvalue weighted by Crippen LogP contribution is 2.45. The van der Waals surface area contributed by atoms with Gasteiger partial charge in [0.1, 0.15) is 24.9 Å². The maximum absolute atomic E-state index is 12.6. The molecule has 0 aliphatic carbocycles. The first-order chi connectivity index (χ1) is 18.8. The van der Waals surface area contributed by atoms with E-state index in [0.717, 1.165) is 18.4 Å². The number of hydrogen-bond acceptors (Lipinski definition) is 8. The Bertz CT molecular complexity index is 924. The monoisotopic (exact) mass is 549 g/mol. The molecule has 0 aromatic heterocycles. The lowest BCUT2D eigenvalue weighted by atomic mass is 10.1. The average molecular weight is 550 g/mol. The van der Waals surface area contributed by atoms with E-state index < -0.39 is 29.9 Å². The van der Waals surface area contributed by atoms with Crippen molar-refractivity contribution >= 4 is 5.91 Å². The summed E-state index contributed by atoms with van der Waals surface area (Å²) in [5, 5.41) is 13.9. The van der Waals surface area contributed by atoms with Gasteiger partial charge in [-0.2, -0.15) is 0 Å². The fourth-order valence-electron chi connectivity index (χ4n) is 5.56. The zero-order chi connectivity index (χ0) is 27.7. The number of benzene rings is 1. The molecule has 39 heavy (non-hydrogen) atoms. The molecule has 2 N–H and O–H groups in total. The third-order valence-corrected chi connectivity index (χ3v) is 7.55. The van der Waals surface area contributed by atoms with Crippen LogP contribution in [0.5, 0.6) is 11.5 Å². The minimum absolute atomic E-state index is 0.133. The molecule has 1 unspecified atom stereocenters. The predicted molar refractivity (Wildman–Crippen MR) is 146 cm³/mol. The number of rotatable bonds is 17. The number of hydrogen-bond donors (Lipinski definition) is 2. The summed E-state index contributed by atoms with van der Waals surface area (Å²) in [6.07, 6.45) is 10.5. The molecule has 9 nitrogen and oxygen atoms in total. The maximum atomic E-state index is 12.6. The van der Waals surface area contributed by atoms with Gasteiger partial charge in [-0.25, -0.2) is 0 Å². The molecular weight excluding hydrogens is 502 g/mol. The van der Waals surface area contributed by atoms with Crippen LogP contribution in [0.2, 0.25) is 0 Å². The third kappa shape index (κ3) is 8.30. The molecule has 0 spiro atoms. The standard InChI is InChI=1S/C30H47NO8/c1-4-5-6-7-8-9-10-11-12-13-16-34-20-30-28(38-29(2,3)39-30)27(33)25(37-30)19-31-26(32)18-22-14-15-23-24(17-22)36-21-35-23/h14-15,17,25,27-28,33H,4-13,16,18-21H2,1-3H3,(H,31,32)/t25-,27+,28-,30?/m0/s1. The van der Waals surface area contributed by atoms with Gasteiger partial charge < -0.3 is 38.8 Å². The van der Waals surface area contributed by atoms with Crippen molar-refractivity contribution in [3.8, 4) is 11.5 Å². The molecule has 3 aliphatic heterocycles. The van der Waals surface area contributed by atoms with E-state index in [0.29, 0.717) is 18.1 Å². The van der Waals surface area contributed by atoms with Crippen molar-refractivity contribution < 1.29 is 38.3 Å². The zero-order valence-electron chi connectivity index (χ0n) is 23.9. The van der Waals surface area contributed by atoms with Crippen molar-refractivity contribution in [2.45, 2.75) is 121 Å². The molecular formula is C30H47NO8. The van der Waals surface area contributed by atoms with Crippen LogP contribution in [0.15, 0.2) is 18.2 Å². The van der Waals surface area contributed by atoms with Crippen LogP contribution in [-0.2, 0) is 30.2 Å².